The van der Waals surface area contributed by atoms with Crippen LogP contribution in [0, 0.1) is 0 Å². The van der Waals surface area contributed by atoms with Crippen molar-refractivity contribution >= 4 is 5.96 Å². The Morgan fingerprint density at radius 3 is 2.89 bits per heavy atom. The number of benzene rings is 1. The van der Waals surface area contributed by atoms with E-state index in [1.54, 1.807) is 14.2 Å². The molecule has 0 heterocycles. The summed E-state index contributed by atoms with van der Waals surface area (Å²) in [6.45, 7) is 3.10. The summed E-state index contributed by atoms with van der Waals surface area (Å²) in [5.74, 6) is 1.24. The molecule has 0 aliphatic rings. The van der Waals surface area contributed by atoms with Gasteiger partial charge in [-0.05, 0) is 24.6 Å². The zero-order valence-corrected chi connectivity index (χ0v) is 11.1. The molecule has 5 heteroatoms. The Labute approximate surface area is 108 Å². The number of rotatable bonds is 6. The van der Waals surface area contributed by atoms with Crippen molar-refractivity contribution in [2.75, 3.05) is 20.8 Å². The highest BCUT2D eigenvalue weighted by Crippen LogP contribution is 2.12. The number of aliphatic imine (C=N–C) groups is 1. The van der Waals surface area contributed by atoms with Crippen molar-refractivity contribution in [2.45, 2.75) is 19.5 Å². The Morgan fingerprint density at radius 2 is 2.22 bits per heavy atom. The van der Waals surface area contributed by atoms with E-state index in [0.29, 0.717) is 19.1 Å². The Balaban J connectivity index is 2.51. The summed E-state index contributed by atoms with van der Waals surface area (Å²) in [6, 6.07) is 7.90. The SMILES string of the molecule is COCC(C)NC(N)=NCc1cccc(OC)c1. The third-order valence-corrected chi connectivity index (χ3v) is 2.38. The molecule has 0 spiro atoms. The van der Waals surface area contributed by atoms with E-state index in [9.17, 15) is 0 Å². The van der Waals surface area contributed by atoms with Gasteiger partial charge in [0.15, 0.2) is 5.96 Å². The molecule has 3 N–H and O–H groups in total. The van der Waals surface area contributed by atoms with Gasteiger partial charge in [-0.2, -0.15) is 0 Å². The molecule has 0 amide bonds. The Kier molecular flexibility index (Phi) is 6.00. The van der Waals surface area contributed by atoms with E-state index >= 15 is 0 Å². The lowest BCUT2D eigenvalue weighted by atomic mass is 10.2. The van der Waals surface area contributed by atoms with Crippen LogP contribution in [0.25, 0.3) is 0 Å². The highest BCUT2D eigenvalue weighted by atomic mass is 16.5. The van der Waals surface area contributed by atoms with Crippen LogP contribution >= 0.6 is 0 Å². The highest BCUT2D eigenvalue weighted by Gasteiger charge is 2.01. The van der Waals surface area contributed by atoms with Gasteiger partial charge < -0.3 is 20.5 Å². The summed E-state index contributed by atoms with van der Waals surface area (Å²) in [4.78, 5) is 4.26. The van der Waals surface area contributed by atoms with Crippen molar-refractivity contribution in [2.24, 2.45) is 10.7 Å². The van der Waals surface area contributed by atoms with Crippen LogP contribution in [-0.2, 0) is 11.3 Å². The molecule has 18 heavy (non-hydrogen) atoms. The highest BCUT2D eigenvalue weighted by molar-refractivity contribution is 5.78. The normalized spacial score (nSPS) is 13.2. The molecule has 100 valence electrons. The fourth-order valence-electron chi connectivity index (χ4n) is 1.54. The Hall–Kier alpha value is -1.75. The van der Waals surface area contributed by atoms with Crippen molar-refractivity contribution in [3.63, 3.8) is 0 Å². The van der Waals surface area contributed by atoms with Gasteiger partial charge in [0.1, 0.15) is 5.75 Å². The first-order valence-corrected chi connectivity index (χ1v) is 5.84. The summed E-state index contributed by atoms with van der Waals surface area (Å²) < 4.78 is 10.2. The number of methoxy groups -OCH3 is 2. The number of hydrogen-bond acceptors (Lipinski definition) is 3. The minimum atomic E-state index is 0.143. The quantitative estimate of drug-likeness (QED) is 0.587. The molecule has 0 saturated heterocycles. The molecular formula is C13H21N3O2. The molecule has 0 bridgehead atoms. The first-order chi connectivity index (χ1) is 8.65. The summed E-state index contributed by atoms with van der Waals surface area (Å²) >= 11 is 0. The largest absolute Gasteiger partial charge is 0.497 e. The average molecular weight is 251 g/mol. The van der Waals surface area contributed by atoms with Crippen LogP contribution in [0.3, 0.4) is 0 Å². The van der Waals surface area contributed by atoms with E-state index < -0.39 is 0 Å². The lowest BCUT2D eigenvalue weighted by Gasteiger charge is -2.13. The molecule has 0 radical (unpaired) electrons. The van der Waals surface area contributed by atoms with Crippen molar-refractivity contribution in [1.29, 1.82) is 0 Å². The molecule has 0 aliphatic carbocycles. The summed E-state index contributed by atoms with van der Waals surface area (Å²) in [5, 5.41) is 3.05. The average Bonchev–Trinajstić information content (AvgIpc) is 2.37. The van der Waals surface area contributed by atoms with Gasteiger partial charge in [-0.15, -0.1) is 0 Å². The van der Waals surface area contributed by atoms with E-state index in [1.807, 2.05) is 31.2 Å². The number of guanidine groups is 1. The first-order valence-electron chi connectivity index (χ1n) is 5.84. The summed E-state index contributed by atoms with van der Waals surface area (Å²) in [5.41, 5.74) is 6.83. The van der Waals surface area contributed by atoms with Gasteiger partial charge in [0.2, 0.25) is 0 Å². The standard InChI is InChI=1S/C13H21N3O2/c1-10(9-17-2)16-13(14)15-8-11-5-4-6-12(7-11)18-3/h4-7,10H,8-9H2,1-3H3,(H3,14,15,16). The van der Waals surface area contributed by atoms with E-state index in [4.69, 9.17) is 15.2 Å². The predicted octanol–water partition coefficient (Wildman–Crippen LogP) is 1.13. The lowest BCUT2D eigenvalue weighted by Crippen LogP contribution is -2.40. The van der Waals surface area contributed by atoms with Crippen molar-refractivity contribution in [3.05, 3.63) is 29.8 Å². The van der Waals surface area contributed by atoms with Gasteiger partial charge in [-0.1, -0.05) is 12.1 Å². The van der Waals surface area contributed by atoms with Gasteiger partial charge in [0, 0.05) is 13.2 Å². The second-order valence-corrected chi connectivity index (χ2v) is 4.05. The van der Waals surface area contributed by atoms with Crippen LogP contribution in [0.15, 0.2) is 29.3 Å². The number of hydrogen-bond donors (Lipinski definition) is 2. The third kappa shape index (κ3) is 5.05. The Morgan fingerprint density at radius 1 is 1.44 bits per heavy atom. The van der Waals surface area contributed by atoms with Crippen molar-refractivity contribution in [3.8, 4) is 5.75 Å². The van der Waals surface area contributed by atoms with Crippen molar-refractivity contribution in [1.82, 2.24) is 5.32 Å². The fraction of sp³-hybridized carbons (Fsp3) is 0.462. The van der Waals surface area contributed by atoms with Gasteiger partial charge in [-0.3, -0.25) is 0 Å². The van der Waals surface area contributed by atoms with Crippen LogP contribution in [0.5, 0.6) is 5.75 Å². The zero-order chi connectivity index (χ0) is 13.4. The minimum Gasteiger partial charge on any atom is -0.497 e. The predicted molar refractivity (Wildman–Crippen MR) is 72.8 cm³/mol. The van der Waals surface area contributed by atoms with E-state index in [2.05, 4.69) is 10.3 Å². The van der Waals surface area contributed by atoms with Crippen LogP contribution in [0.2, 0.25) is 0 Å². The molecule has 0 saturated carbocycles. The number of nitrogens with two attached hydrogens (primary N) is 1. The first kappa shape index (κ1) is 14.3. The van der Waals surface area contributed by atoms with Crippen LogP contribution in [0.1, 0.15) is 12.5 Å². The monoisotopic (exact) mass is 251 g/mol. The molecule has 0 aliphatic heterocycles. The van der Waals surface area contributed by atoms with E-state index in [-0.39, 0.29) is 6.04 Å². The van der Waals surface area contributed by atoms with Gasteiger partial charge >= 0.3 is 0 Å². The molecule has 1 aromatic rings. The second-order valence-electron chi connectivity index (χ2n) is 4.05. The molecule has 1 aromatic carbocycles. The molecule has 0 fully saturated rings. The van der Waals surface area contributed by atoms with E-state index in [1.165, 1.54) is 0 Å². The van der Waals surface area contributed by atoms with Gasteiger partial charge in [0.25, 0.3) is 0 Å². The van der Waals surface area contributed by atoms with Crippen molar-refractivity contribution < 1.29 is 9.47 Å². The van der Waals surface area contributed by atoms with Gasteiger partial charge in [0.05, 0.1) is 20.3 Å². The molecule has 1 rings (SSSR count). The third-order valence-electron chi connectivity index (χ3n) is 2.38. The lowest BCUT2D eigenvalue weighted by molar-refractivity contribution is 0.179. The summed E-state index contributed by atoms with van der Waals surface area (Å²) in [6.07, 6.45) is 0. The number of ether oxygens (including phenoxy) is 2. The topological polar surface area (TPSA) is 68.9 Å². The molecule has 0 aromatic heterocycles. The molecule has 1 atom stereocenters. The summed E-state index contributed by atoms with van der Waals surface area (Å²) in [7, 11) is 3.30. The fourth-order valence-corrected chi connectivity index (χ4v) is 1.54. The minimum absolute atomic E-state index is 0.143. The smallest absolute Gasteiger partial charge is 0.189 e. The molecular weight excluding hydrogens is 230 g/mol. The Bertz CT molecular complexity index is 394. The van der Waals surface area contributed by atoms with E-state index in [0.717, 1.165) is 11.3 Å². The van der Waals surface area contributed by atoms with Crippen LogP contribution < -0.4 is 15.8 Å². The number of nitrogens with one attached hydrogen (secondary N) is 1. The molecule has 1 unspecified atom stereocenters. The maximum atomic E-state index is 5.78. The second kappa shape index (κ2) is 7.55. The maximum Gasteiger partial charge on any atom is 0.189 e. The van der Waals surface area contributed by atoms with Gasteiger partial charge in [-0.25, -0.2) is 4.99 Å². The van der Waals surface area contributed by atoms with Crippen LogP contribution in [-0.4, -0.2) is 32.8 Å². The van der Waals surface area contributed by atoms with Crippen LogP contribution in [0.4, 0.5) is 0 Å². The number of nitrogens with zero attached hydrogens (tertiary/aromatic N) is 1. The zero-order valence-electron chi connectivity index (χ0n) is 11.1. The maximum absolute atomic E-state index is 5.78. The molecule has 5 nitrogen and oxygen atoms in total.